The summed E-state index contributed by atoms with van der Waals surface area (Å²) in [7, 11) is 1.70. The zero-order valence-corrected chi connectivity index (χ0v) is 9.09. The van der Waals surface area contributed by atoms with Crippen LogP contribution in [0.3, 0.4) is 0 Å². The van der Waals surface area contributed by atoms with Crippen LogP contribution in [0.1, 0.15) is 20.8 Å². The van der Waals surface area contributed by atoms with E-state index in [1.165, 1.54) is 0 Å². The van der Waals surface area contributed by atoms with Crippen molar-refractivity contribution in [3.63, 3.8) is 0 Å². The number of hydrogen-bond donors (Lipinski definition) is 1. The number of rotatable bonds is 3. The lowest BCUT2D eigenvalue weighted by molar-refractivity contribution is 1.28. The van der Waals surface area contributed by atoms with Gasteiger partial charge in [-0.1, -0.05) is 33.1 Å². The lowest BCUT2D eigenvalue weighted by Crippen LogP contribution is -2.04. The average molecular weight is 180 g/mol. The molecule has 0 heterocycles. The van der Waals surface area contributed by atoms with Gasteiger partial charge < -0.3 is 5.73 Å². The molecule has 2 heteroatoms. The van der Waals surface area contributed by atoms with E-state index >= 15 is 0 Å². The molecular formula is C11H20N2. The monoisotopic (exact) mass is 180 g/mol. The minimum atomic E-state index is 0.709. The Labute approximate surface area is 81.6 Å². The highest BCUT2D eigenvalue weighted by molar-refractivity contribution is 6.10. The summed E-state index contributed by atoms with van der Waals surface area (Å²) in [6.07, 6.45) is 3.34. The Hall–Kier alpha value is -1.31. The Balaban J connectivity index is 0. The van der Waals surface area contributed by atoms with Gasteiger partial charge >= 0.3 is 0 Å². The molecule has 0 radical (unpaired) electrons. The van der Waals surface area contributed by atoms with Crippen LogP contribution >= 0.6 is 0 Å². The van der Waals surface area contributed by atoms with E-state index in [2.05, 4.69) is 18.2 Å². The first kappa shape index (κ1) is 14.2. The van der Waals surface area contributed by atoms with Crippen LogP contribution in [-0.2, 0) is 0 Å². The van der Waals surface area contributed by atoms with Gasteiger partial charge in [-0.15, -0.1) is 0 Å². The normalized spacial score (nSPS) is 12.2. The molecule has 0 aliphatic heterocycles. The number of nitrogens with zero attached hydrogens (tertiary/aromatic N) is 1. The summed E-state index contributed by atoms with van der Waals surface area (Å²) >= 11 is 0. The van der Waals surface area contributed by atoms with Gasteiger partial charge in [0, 0.05) is 18.3 Å². The largest absolute Gasteiger partial charge is 0.402 e. The van der Waals surface area contributed by atoms with E-state index in [1.54, 1.807) is 19.2 Å². The highest BCUT2D eigenvalue weighted by Crippen LogP contribution is 2.03. The molecule has 0 fully saturated rings. The van der Waals surface area contributed by atoms with E-state index in [-0.39, 0.29) is 0 Å². The van der Waals surface area contributed by atoms with Crippen molar-refractivity contribution in [1.82, 2.24) is 0 Å². The first-order valence-corrected chi connectivity index (χ1v) is 4.35. The molecule has 0 atom stereocenters. The van der Waals surface area contributed by atoms with Gasteiger partial charge in [0.15, 0.2) is 0 Å². The van der Waals surface area contributed by atoms with Gasteiger partial charge in [0.1, 0.15) is 0 Å². The molecular weight excluding hydrogens is 160 g/mol. The van der Waals surface area contributed by atoms with Crippen molar-refractivity contribution in [3.8, 4) is 0 Å². The second-order valence-electron chi connectivity index (χ2n) is 2.11. The average Bonchev–Trinajstić information content (AvgIpc) is 2.16. The van der Waals surface area contributed by atoms with E-state index in [0.717, 1.165) is 11.3 Å². The zero-order valence-electron chi connectivity index (χ0n) is 9.09. The molecule has 0 saturated carbocycles. The van der Waals surface area contributed by atoms with Crippen molar-refractivity contribution in [3.05, 3.63) is 36.6 Å². The van der Waals surface area contributed by atoms with Gasteiger partial charge in [-0.3, -0.25) is 4.99 Å². The predicted molar refractivity (Wildman–Crippen MR) is 62.0 cm³/mol. The third-order valence-corrected chi connectivity index (χ3v) is 1.34. The minimum absolute atomic E-state index is 0.709. The maximum Gasteiger partial charge on any atom is 0.0654 e. The maximum atomic E-state index is 5.58. The van der Waals surface area contributed by atoms with Crippen LogP contribution in [0.2, 0.25) is 0 Å². The Morgan fingerprint density at radius 2 is 1.69 bits per heavy atom. The summed E-state index contributed by atoms with van der Waals surface area (Å²) in [5.74, 6) is 0. The predicted octanol–water partition coefficient (Wildman–Crippen LogP) is 2.69. The SMILES string of the molecule is C=CC(=NC)/C(C=C)=C(/C)N.CC. The third-order valence-electron chi connectivity index (χ3n) is 1.34. The highest BCUT2D eigenvalue weighted by Gasteiger charge is 1.99. The lowest BCUT2D eigenvalue weighted by atomic mass is 10.1. The van der Waals surface area contributed by atoms with Crippen LogP contribution in [0.15, 0.2) is 41.6 Å². The standard InChI is InChI=1S/C9H14N2.C2H6/c1-5-8(7(3)10)9(6-2)11-4;1-2/h5-6H,1-2,10H2,3-4H3;1-2H3/b8-7-,11-9?;. The second kappa shape index (κ2) is 8.78. The van der Waals surface area contributed by atoms with Crippen molar-refractivity contribution in [2.45, 2.75) is 20.8 Å². The van der Waals surface area contributed by atoms with Gasteiger partial charge in [-0.05, 0) is 13.0 Å². The molecule has 0 aliphatic rings. The number of hydrogen-bond acceptors (Lipinski definition) is 2. The molecule has 0 unspecified atom stereocenters. The Kier molecular flexibility index (Phi) is 9.61. The fraction of sp³-hybridized carbons (Fsp3) is 0.364. The fourth-order valence-corrected chi connectivity index (χ4v) is 0.789. The van der Waals surface area contributed by atoms with E-state index in [1.807, 2.05) is 20.8 Å². The summed E-state index contributed by atoms with van der Waals surface area (Å²) in [5.41, 5.74) is 7.92. The Morgan fingerprint density at radius 3 is 1.77 bits per heavy atom. The molecule has 0 aromatic heterocycles. The molecule has 0 rings (SSSR count). The van der Waals surface area contributed by atoms with Gasteiger partial charge in [0.2, 0.25) is 0 Å². The third kappa shape index (κ3) is 5.01. The second-order valence-corrected chi connectivity index (χ2v) is 2.11. The van der Waals surface area contributed by atoms with Gasteiger partial charge in [-0.2, -0.15) is 0 Å². The van der Waals surface area contributed by atoms with Crippen LogP contribution in [0.5, 0.6) is 0 Å². The first-order chi connectivity index (χ1) is 6.17. The van der Waals surface area contributed by atoms with E-state index < -0.39 is 0 Å². The van der Waals surface area contributed by atoms with Gasteiger partial charge in [0.05, 0.1) is 5.71 Å². The molecule has 13 heavy (non-hydrogen) atoms. The molecule has 74 valence electrons. The van der Waals surface area contributed by atoms with E-state index in [4.69, 9.17) is 5.73 Å². The van der Waals surface area contributed by atoms with Crippen LogP contribution in [-0.4, -0.2) is 12.8 Å². The molecule has 0 bridgehead atoms. The molecule has 0 amide bonds. The van der Waals surface area contributed by atoms with Crippen LogP contribution in [0, 0.1) is 0 Å². The smallest absolute Gasteiger partial charge is 0.0654 e. The van der Waals surface area contributed by atoms with E-state index in [9.17, 15) is 0 Å². The highest BCUT2D eigenvalue weighted by atomic mass is 14.7. The molecule has 0 aromatic carbocycles. The zero-order chi connectivity index (χ0) is 10.9. The number of allylic oxidation sites excluding steroid dienone is 4. The quantitative estimate of drug-likeness (QED) is 0.526. The summed E-state index contributed by atoms with van der Waals surface area (Å²) in [6.45, 7) is 13.1. The Morgan fingerprint density at radius 1 is 1.23 bits per heavy atom. The summed E-state index contributed by atoms with van der Waals surface area (Å²) < 4.78 is 0. The lowest BCUT2D eigenvalue weighted by Gasteiger charge is -2.02. The molecule has 0 saturated heterocycles. The molecule has 2 N–H and O–H groups in total. The number of nitrogens with two attached hydrogens (primary N) is 1. The van der Waals surface area contributed by atoms with Crippen LogP contribution in [0.25, 0.3) is 0 Å². The van der Waals surface area contributed by atoms with Crippen LogP contribution in [0.4, 0.5) is 0 Å². The summed E-state index contributed by atoms with van der Waals surface area (Å²) in [4.78, 5) is 3.99. The Bertz CT molecular complexity index is 218. The molecule has 0 aromatic rings. The minimum Gasteiger partial charge on any atom is -0.402 e. The molecule has 0 spiro atoms. The van der Waals surface area contributed by atoms with Crippen molar-refractivity contribution in [1.29, 1.82) is 0 Å². The summed E-state index contributed by atoms with van der Waals surface area (Å²) in [6, 6.07) is 0. The van der Waals surface area contributed by atoms with Crippen molar-refractivity contribution >= 4 is 5.71 Å². The molecule has 0 aliphatic carbocycles. The fourth-order valence-electron chi connectivity index (χ4n) is 0.789. The summed E-state index contributed by atoms with van der Waals surface area (Å²) in [5, 5.41) is 0. The van der Waals surface area contributed by atoms with Crippen LogP contribution < -0.4 is 5.73 Å². The maximum absolute atomic E-state index is 5.58. The molecule has 2 nitrogen and oxygen atoms in total. The van der Waals surface area contributed by atoms with Gasteiger partial charge in [-0.25, -0.2) is 0 Å². The van der Waals surface area contributed by atoms with Crippen molar-refractivity contribution in [2.24, 2.45) is 10.7 Å². The van der Waals surface area contributed by atoms with Crippen molar-refractivity contribution < 1.29 is 0 Å². The van der Waals surface area contributed by atoms with Gasteiger partial charge in [0.25, 0.3) is 0 Å². The first-order valence-electron chi connectivity index (χ1n) is 4.35. The van der Waals surface area contributed by atoms with E-state index in [0.29, 0.717) is 5.70 Å². The number of aliphatic imine (C=N–C) groups is 1. The topological polar surface area (TPSA) is 38.4 Å². The van der Waals surface area contributed by atoms with Crippen molar-refractivity contribution in [2.75, 3.05) is 7.05 Å².